The Kier molecular flexibility index (Phi) is 4.10. The van der Waals surface area contributed by atoms with Gasteiger partial charge in [0.25, 0.3) is 10.0 Å². The van der Waals surface area contributed by atoms with Crippen LogP contribution in [0, 0.1) is 12.7 Å². The summed E-state index contributed by atoms with van der Waals surface area (Å²) in [6, 6.07) is 2.54. The SMILES string of the molecule is Cc1cc(F)cc(C(=O)O)c1NS(=O)(=O)c1c[nH]c(C(=O)O)c1. The van der Waals surface area contributed by atoms with E-state index < -0.39 is 38.2 Å². The van der Waals surface area contributed by atoms with Crippen molar-refractivity contribution >= 4 is 27.6 Å². The van der Waals surface area contributed by atoms with Crippen LogP contribution in [0.5, 0.6) is 0 Å². The van der Waals surface area contributed by atoms with Crippen molar-refractivity contribution in [2.45, 2.75) is 11.8 Å². The van der Waals surface area contributed by atoms with Crippen LogP contribution < -0.4 is 4.72 Å². The van der Waals surface area contributed by atoms with E-state index in [4.69, 9.17) is 10.2 Å². The normalized spacial score (nSPS) is 11.2. The van der Waals surface area contributed by atoms with E-state index in [0.29, 0.717) is 6.07 Å². The van der Waals surface area contributed by atoms with Gasteiger partial charge in [0.2, 0.25) is 0 Å². The molecule has 1 aromatic heterocycles. The first-order valence-corrected chi connectivity index (χ1v) is 7.58. The summed E-state index contributed by atoms with van der Waals surface area (Å²) in [5.74, 6) is -3.68. The zero-order valence-corrected chi connectivity index (χ0v) is 12.4. The van der Waals surface area contributed by atoms with Crippen molar-refractivity contribution in [3.05, 3.63) is 47.0 Å². The van der Waals surface area contributed by atoms with E-state index in [1.54, 1.807) is 0 Å². The number of halogens is 1. The second kappa shape index (κ2) is 5.72. The summed E-state index contributed by atoms with van der Waals surface area (Å²) in [5, 5.41) is 17.9. The Morgan fingerprint density at radius 3 is 2.35 bits per heavy atom. The van der Waals surface area contributed by atoms with Crippen LogP contribution in [0.15, 0.2) is 29.3 Å². The third-order valence-electron chi connectivity index (χ3n) is 2.96. The predicted molar refractivity (Wildman–Crippen MR) is 76.7 cm³/mol. The van der Waals surface area contributed by atoms with Crippen LogP contribution in [0.4, 0.5) is 10.1 Å². The molecule has 2 rings (SSSR count). The summed E-state index contributed by atoms with van der Waals surface area (Å²) in [6.07, 6.45) is 0.949. The van der Waals surface area contributed by atoms with E-state index in [2.05, 4.69) is 4.98 Å². The molecule has 0 aliphatic heterocycles. The van der Waals surface area contributed by atoms with Crippen molar-refractivity contribution in [1.82, 2.24) is 4.98 Å². The lowest BCUT2D eigenvalue weighted by Gasteiger charge is -2.12. The molecular formula is C13H11FN2O6S. The van der Waals surface area contributed by atoms with E-state index in [1.165, 1.54) is 6.92 Å². The molecule has 0 unspecified atom stereocenters. The summed E-state index contributed by atoms with van der Waals surface area (Å²) < 4.78 is 39.8. The molecule has 0 saturated heterocycles. The highest BCUT2D eigenvalue weighted by molar-refractivity contribution is 7.92. The third-order valence-corrected chi connectivity index (χ3v) is 4.29. The summed E-state index contributed by atoms with van der Waals surface area (Å²) in [4.78, 5) is 23.8. The molecule has 8 nitrogen and oxygen atoms in total. The van der Waals surface area contributed by atoms with Crippen LogP contribution in [0.1, 0.15) is 26.4 Å². The van der Waals surface area contributed by atoms with Crippen molar-refractivity contribution in [3.63, 3.8) is 0 Å². The number of aryl methyl sites for hydroxylation is 1. The molecule has 0 amide bonds. The van der Waals surface area contributed by atoms with Crippen molar-refractivity contribution in [3.8, 4) is 0 Å². The second-order valence-corrected chi connectivity index (χ2v) is 6.29. The number of sulfonamides is 1. The maximum atomic E-state index is 13.3. The van der Waals surface area contributed by atoms with Gasteiger partial charge >= 0.3 is 11.9 Å². The second-order valence-electron chi connectivity index (χ2n) is 4.61. The average Bonchev–Trinajstić information content (AvgIpc) is 2.92. The first-order chi connectivity index (χ1) is 10.6. The minimum atomic E-state index is -4.25. The standard InChI is InChI=1S/C13H11FN2O6S/c1-6-2-7(14)3-9(12(17)18)11(6)16-23(21,22)8-4-10(13(19)20)15-5-8/h2-5,15-16H,1H3,(H,17,18)(H,19,20). The minimum Gasteiger partial charge on any atom is -0.478 e. The molecule has 0 saturated carbocycles. The van der Waals surface area contributed by atoms with Gasteiger partial charge in [-0.3, -0.25) is 4.72 Å². The number of hydrogen-bond acceptors (Lipinski definition) is 4. The van der Waals surface area contributed by atoms with Gasteiger partial charge in [-0.15, -0.1) is 0 Å². The number of hydrogen-bond donors (Lipinski definition) is 4. The van der Waals surface area contributed by atoms with Crippen LogP contribution in [0.3, 0.4) is 0 Å². The van der Waals surface area contributed by atoms with Crippen LogP contribution in [-0.4, -0.2) is 35.6 Å². The molecule has 0 aliphatic rings. The van der Waals surface area contributed by atoms with E-state index in [0.717, 1.165) is 18.3 Å². The highest BCUT2D eigenvalue weighted by atomic mass is 32.2. The zero-order chi connectivity index (χ0) is 17.4. The molecule has 0 bridgehead atoms. The van der Waals surface area contributed by atoms with Crippen molar-refractivity contribution in [2.24, 2.45) is 0 Å². The monoisotopic (exact) mass is 342 g/mol. The lowest BCUT2D eigenvalue weighted by atomic mass is 10.1. The number of rotatable bonds is 5. The quantitative estimate of drug-likeness (QED) is 0.652. The van der Waals surface area contributed by atoms with Crippen molar-refractivity contribution in [2.75, 3.05) is 4.72 Å². The largest absolute Gasteiger partial charge is 0.478 e. The molecule has 122 valence electrons. The molecule has 23 heavy (non-hydrogen) atoms. The Morgan fingerprint density at radius 2 is 1.83 bits per heavy atom. The smallest absolute Gasteiger partial charge is 0.352 e. The van der Waals surface area contributed by atoms with Gasteiger partial charge in [-0.2, -0.15) is 0 Å². The molecule has 4 N–H and O–H groups in total. The number of benzene rings is 1. The van der Waals surface area contributed by atoms with E-state index >= 15 is 0 Å². The average molecular weight is 342 g/mol. The van der Waals surface area contributed by atoms with E-state index in [9.17, 15) is 22.4 Å². The molecule has 0 fully saturated rings. The molecule has 2 aromatic rings. The van der Waals surface area contributed by atoms with E-state index in [1.807, 2.05) is 4.72 Å². The van der Waals surface area contributed by atoms with Gasteiger partial charge in [-0.25, -0.2) is 22.4 Å². The number of aromatic nitrogens is 1. The fourth-order valence-corrected chi connectivity index (χ4v) is 3.04. The maximum Gasteiger partial charge on any atom is 0.352 e. The first kappa shape index (κ1) is 16.5. The van der Waals surface area contributed by atoms with Gasteiger partial charge in [0.1, 0.15) is 16.4 Å². The molecule has 1 aromatic carbocycles. The number of aromatic carboxylic acids is 2. The van der Waals surface area contributed by atoms with Gasteiger partial charge in [0.15, 0.2) is 0 Å². The number of aromatic amines is 1. The zero-order valence-electron chi connectivity index (χ0n) is 11.6. The summed E-state index contributed by atoms with van der Waals surface area (Å²) in [6.45, 7) is 1.34. The molecule has 0 aliphatic carbocycles. The molecule has 1 heterocycles. The highest BCUT2D eigenvalue weighted by Crippen LogP contribution is 2.26. The fourth-order valence-electron chi connectivity index (χ4n) is 1.89. The molecule has 10 heteroatoms. The van der Waals surface area contributed by atoms with Gasteiger partial charge in [0.05, 0.1) is 11.3 Å². The van der Waals surface area contributed by atoms with Crippen LogP contribution in [-0.2, 0) is 10.0 Å². The number of carboxylic acids is 2. The van der Waals surface area contributed by atoms with Crippen molar-refractivity contribution in [1.29, 1.82) is 0 Å². The predicted octanol–water partition coefficient (Wildman–Crippen LogP) is 1.66. The number of H-pyrrole nitrogens is 1. The molecule has 0 spiro atoms. The Morgan fingerprint density at radius 1 is 1.17 bits per heavy atom. The third kappa shape index (κ3) is 3.31. The van der Waals surface area contributed by atoms with Gasteiger partial charge < -0.3 is 15.2 Å². The number of nitrogens with one attached hydrogen (secondary N) is 2. The first-order valence-electron chi connectivity index (χ1n) is 6.10. The van der Waals surface area contributed by atoms with Crippen LogP contribution in [0.2, 0.25) is 0 Å². The Bertz CT molecular complexity index is 903. The number of anilines is 1. The summed E-state index contributed by atoms with van der Waals surface area (Å²) >= 11 is 0. The Labute approximate surface area is 129 Å². The maximum absolute atomic E-state index is 13.3. The minimum absolute atomic E-state index is 0.0694. The van der Waals surface area contributed by atoms with E-state index in [-0.39, 0.29) is 16.9 Å². The van der Waals surface area contributed by atoms with Crippen LogP contribution >= 0.6 is 0 Å². The highest BCUT2D eigenvalue weighted by Gasteiger charge is 2.23. The molecular weight excluding hydrogens is 331 g/mol. The summed E-state index contributed by atoms with van der Waals surface area (Å²) in [7, 11) is -4.25. The Balaban J connectivity index is 2.48. The Hall–Kier alpha value is -2.88. The topological polar surface area (TPSA) is 137 Å². The van der Waals surface area contributed by atoms with Gasteiger partial charge in [-0.05, 0) is 30.7 Å². The van der Waals surface area contributed by atoms with Crippen LogP contribution in [0.25, 0.3) is 0 Å². The lowest BCUT2D eigenvalue weighted by molar-refractivity contribution is 0.0683. The molecule has 0 radical (unpaired) electrons. The number of carboxylic acid groups (broad SMARTS) is 2. The molecule has 0 atom stereocenters. The van der Waals surface area contributed by atoms with Crippen molar-refractivity contribution < 1.29 is 32.6 Å². The lowest BCUT2D eigenvalue weighted by Crippen LogP contribution is -2.16. The van der Waals surface area contributed by atoms with Gasteiger partial charge in [-0.1, -0.05) is 0 Å². The number of carbonyl (C=O) groups is 2. The fraction of sp³-hybridized carbons (Fsp3) is 0.0769. The van der Waals surface area contributed by atoms with Gasteiger partial charge in [0, 0.05) is 6.20 Å². The summed E-state index contributed by atoms with van der Waals surface area (Å²) in [5.41, 5.74) is -1.13.